The molecule has 6 nitrogen and oxygen atoms in total. The quantitative estimate of drug-likeness (QED) is 0.642. The maximum atomic E-state index is 11.2. The molecule has 3 rings (SSSR count). The molecule has 2 aromatic heterocycles. The minimum atomic E-state index is -0.434. The van der Waals surface area contributed by atoms with Crippen molar-refractivity contribution in [3.63, 3.8) is 0 Å². The van der Waals surface area contributed by atoms with Gasteiger partial charge in [0, 0.05) is 31.2 Å². The van der Waals surface area contributed by atoms with Crippen LogP contribution in [-0.4, -0.2) is 21.4 Å². The molecule has 108 valence electrons. The average molecular weight is 305 g/mol. The van der Waals surface area contributed by atoms with E-state index in [1.807, 2.05) is 17.0 Å². The van der Waals surface area contributed by atoms with Gasteiger partial charge in [-0.2, -0.15) is 0 Å². The molecule has 0 aliphatic carbocycles. The molecule has 2 aromatic rings. The first-order valence-electron chi connectivity index (χ1n) is 6.63. The lowest BCUT2D eigenvalue weighted by atomic mass is 10.1. The van der Waals surface area contributed by atoms with Crippen LogP contribution in [0.25, 0.3) is 0 Å². The summed E-state index contributed by atoms with van der Waals surface area (Å²) in [4.78, 5) is 21.0. The second-order valence-corrected chi connectivity index (χ2v) is 5.32. The molecule has 0 saturated carbocycles. The Morgan fingerprint density at radius 3 is 2.86 bits per heavy atom. The van der Waals surface area contributed by atoms with Crippen molar-refractivity contribution in [3.8, 4) is 0 Å². The van der Waals surface area contributed by atoms with E-state index in [1.165, 1.54) is 12.3 Å². The molecule has 3 heterocycles. The van der Waals surface area contributed by atoms with E-state index in [2.05, 4.69) is 9.97 Å². The standard InChI is InChI=1S/C14H13ClN4O2/c15-11-8-13(19(20)21)14(17-9-11)18-7-1-2-12(18)10-3-5-16-6-4-10/h3-6,8-9,12H,1-2,7H2/t12-/m1/s1. The fourth-order valence-corrected chi connectivity index (χ4v) is 2.88. The predicted octanol–water partition coefficient (Wildman–Crippen LogP) is 3.38. The van der Waals surface area contributed by atoms with E-state index in [-0.39, 0.29) is 16.8 Å². The van der Waals surface area contributed by atoms with E-state index in [9.17, 15) is 10.1 Å². The van der Waals surface area contributed by atoms with Gasteiger partial charge in [-0.25, -0.2) is 4.98 Å². The fraction of sp³-hybridized carbons (Fsp3) is 0.286. The number of nitro groups is 1. The van der Waals surface area contributed by atoms with Gasteiger partial charge >= 0.3 is 5.69 Å². The number of nitrogens with zero attached hydrogens (tertiary/aromatic N) is 4. The van der Waals surface area contributed by atoms with Gasteiger partial charge in [-0.05, 0) is 30.5 Å². The zero-order chi connectivity index (χ0) is 14.8. The summed E-state index contributed by atoms with van der Waals surface area (Å²) < 4.78 is 0. The highest BCUT2D eigenvalue weighted by molar-refractivity contribution is 6.30. The van der Waals surface area contributed by atoms with Gasteiger partial charge in [-0.3, -0.25) is 15.1 Å². The molecule has 0 aromatic carbocycles. The molecular weight excluding hydrogens is 292 g/mol. The summed E-state index contributed by atoms with van der Waals surface area (Å²) in [7, 11) is 0. The van der Waals surface area contributed by atoms with Crippen molar-refractivity contribution in [2.75, 3.05) is 11.4 Å². The lowest BCUT2D eigenvalue weighted by Crippen LogP contribution is -2.24. The molecule has 1 atom stereocenters. The first-order chi connectivity index (χ1) is 10.2. The molecule has 1 saturated heterocycles. The highest BCUT2D eigenvalue weighted by atomic mass is 35.5. The van der Waals surface area contributed by atoms with Gasteiger partial charge in [0.15, 0.2) is 0 Å². The van der Waals surface area contributed by atoms with Crippen LogP contribution < -0.4 is 4.90 Å². The number of rotatable bonds is 3. The lowest BCUT2D eigenvalue weighted by Gasteiger charge is -2.25. The molecule has 1 aliphatic rings. The molecule has 0 bridgehead atoms. The number of aromatic nitrogens is 2. The van der Waals surface area contributed by atoms with Crippen LogP contribution in [0.1, 0.15) is 24.4 Å². The van der Waals surface area contributed by atoms with Crippen LogP contribution >= 0.6 is 11.6 Å². The third-order valence-electron chi connectivity index (χ3n) is 3.63. The Morgan fingerprint density at radius 2 is 2.14 bits per heavy atom. The molecule has 0 radical (unpaired) electrons. The molecule has 7 heteroatoms. The summed E-state index contributed by atoms with van der Waals surface area (Å²) in [5.41, 5.74) is 1.04. The number of pyridine rings is 2. The molecule has 21 heavy (non-hydrogen) atoms. The third kappa shape index (κ3) is 2.67. The molecule has 0 spiro atoms. The molecule has 0 N–H and O–H groups in total. The van der Waals surface area contributed by atoms with E-state index in [1.54, 1.807) is 12.4 Å². The van der Waals surface area contributed by atoms with Gasteiger partial charge in [-0.1, -0.05) is 11.6 Å². The second kappa shape index (κ2) is 5.65. The van der Waals surface area contributed by atoms with Crippen molar-refractivity contribution in [1.29, 1.82) is 0 Å². The van der Waals surface area contributed by atoms with Crippen molar-refractivity contribution in [1.82, 2.24) is 9.97 Å². The van der Waals surface area contributed by atoms with Crippen molar-refractivity contribution in [2.24, 2.45) is 0 Å². The van der Waals surface area contributed by atoms with Crippen molar-refractivity contribution in [2.45, 2.75) is 18.9 Å². The van der Waals surface area contributed by atoms with Crippen molar-refractivity contribution < 1.29 is 4.92 Å². The summed E-state index contributed by atoms with van der Waals surface area (Å²) in [6.07, 6.45) is 6.82. The zero-order valence-corrected chi connectivity index (χ0v) is 11.9. The van der Waals surface area contributed by atoms with Crippen molar-refractivity contribution in [3.05, 3.63) is 57.5 Å². The summed E-state index contributed by atoms with van der Waals surface area (Å²) in [6, 6.07) is 5.31. The van der Waals surface area contributed by atoms with Gasteiger partial charge < -0.3 is 4.90 Å². The van der Waals surface area contributed by atoms with Gasteiger partial charge in [0.25, 0.3) is 0 Å². The van der Waals surface area contributed by atoms with Gasteiger partial charge in [0.2, 0.25) is 5.82 Å². The Labute approximate surface area is 126 Å². The summed E-state index contributed by atoms with van der Waals surface area (Å²) in [5, 5.41) is 11.5. The topological polar surface area (TPSA) is 72.2 Å². The minimum absolute atomic E-state index is 0.0524. The number of anilines is 1. The summed E-state index contributed by atoms with van der Waals surface area (Å²) in [5.74, 6) is 0.378. The van der Waals surface area contributed by atoms with E-state index >= 15 is 0 Å². The third-order valence-corrected chi connectivity index (χ3v) is 3.83. The molecule has 0 amide bonds. The van der Waals surface area contributed by atoms with E-state index in [0.29, 0.717) is 5.82 Å². The monoisotopic (exact) mass is 304 g/mol. The second-order valence-electron chi connectivity index (χ2n) is 4.89. The molecule has 1 aliphatic heterocycles. The van der Waals surface area contributed by atoms with Gasteiger partial charge in [-0.15, -0.1) is 0 Å². The smallest absolute Gasteiger partial charge is 0.313 e. The van der Waals surface area contributed by atoms with Crippen LogP contribution in [0.15, 0.2) is 36.8 Å². The number of hydrogen-bond acceptors (Lipinski definition) is 5. The van der Waals surface area contributed by atoms with Crippen molar-refractivity contribution >= 4 is 23.1 Å². The Hall–Kier alpha value is -2.21. The lowest BCUT2D eigenvalue weighted by molar-refractivity contribution is -0.384. The SMILES string of the molecule is O=[N+]([O-])c1cc(Cl)cnc1N1CCC[C@@H]1c1ccncc1. The van der Waals surface area contributed by atoms with E-state index in [4.69, 9.17) is 11.6 Å². The minimum Gasteiger partial charge on any atom is -0.344 e. The average Bonchev–Trinajstić information content (AvgIpc) is 2.97. The van der Waals surface area contributed by atoms with Crippen LogP contribution in [0, 0.1) is 10.1 Å². The van der Waals surface area contributed by atoms with Crippen LogP contribution in [0.5, 0.6) is 0 Å². The van der Waals surface area contributed by atoms with E-state index < -0.39 is 4.92 Å². The largest absolute Gasteiger partial charge is 0.344 e. The Morgan fingerprint density at radius 1 is 1.38 bits per heavy atom. The maximum absolute atomic E-state index is 11.2. The van der Waals surface area contributed by atoms with Crippen LogP contribution in [0.2, 0.25) is 5.02 Å². The first-order valence-corrected chi connectivity index (χ1v) is 7.01. The van der Waals surface area contributed by atoms with Crippen LogP contribution in [-0.2, 0) is 0 Å². The highest BCUT2D eigenvalue weighted by Crippen LogP contribution is 2.39. The number of hydrogen-bond donors (Lipinski definition) is 0. The highest BCUT2D eigenvalue weighted by Gasteiger charge is 2.32. The van der Waals surface area contributed by atoms with Gasteiger partial charge in [0.1, 0.15) is 0 Å². The number of halogens is 1. The Bertz CT molecular complexity index is 665. The van der Waals surface area contributed by atoms with Gasteiger partial charge in [0.05, 0.1) is 16.0 Å². The summed E-state index contributed by atoms with van der Waals surface area (Å²) >= 11 is 5.83. The normalized spacial score (nSPS) is 18.0. The Balaban J connectivity index is 2.01. The molecule has 1 fully saturated rings. The zero-order valence-electron chi connectivity index (χ0n) is 11.1. The van der Waals surface area contributed by atoms with Crippen LogP contribution in [0.3, 0.4) is 0 Å². The maximum Gasteiger partial charge on any atom is 0.313 e. The first kappa shape index (κ1) is 13.8. The van der Waals surface area contributed by atoms with E-state index in [0.717, 1.165) is 24.9 Å². The molecular formula is C14H13ClN4O2. The fourth-order valence-electron chi connectivity index (χ4n) is 2.73. The van der Waals surface area contributed by atoms with Crippen LogP contribution in [0.4, 0.5) is 11.5 Å². The Kier molecular flexibility index (Phi) is 3.70. The predicted molar refractivity (Wildman–Crippen MR) is 79.5 cm³/mol. The molecule has 0 unspecified atom stereocenters. The summed E-state index contributed by atoms with van der Waals surface area (Å²) in [6.45, 7) is 0.739.